The van der Waals surface area contributed by atoms with Crippen LogP contribution >= 0.6 is 0 Å². The van der Waals surface area contributed by atoms with E-state index < -0.39 is 5.97 Å². The number of aliphatic carboxylic acids is 1. The van der Waals surface area contributed by atoms with Crippen LogP contribution in [0.2, 0.25) is 0 Å². The van der Waals surface area contributed by atoms with E-state index in [0.717, 1.165) is 16.9 Å². The molecule has 0 aliphatic heterocycles. The van der Waals surface area contributed by atoms with Crippen molar-refractivity contribution in [3.8, 4) is 0 Å². The first-order valence-corrected chi connectivity index (χ1v) is 6.89. The molecule has 0 aliphatic rings. The Hall–Kier alpha value is -2.37. The number of aryl methyl sites for hydroxylation is 2. The summed E-state index contributed by atoms with van der Waals surface area (Å²) in [6.45, 7) is 4.08. The molecule has 0 saturated heterocycles. The van der Waals surface area contributed by atoms with Crippen molar-refractivity contribution in [1.29, 1.82) is 0 Å². The number of carboxylic acid groups (broad SMARTS) is 1. The van der Waals surface area contributed by atoms with Crippen LogP contribution in [0, 0.1) is 6.92 Å². The van der Waals surface area contributed by atoms with Crippen LogP contribution in [0.3, 0.4) is 0 Å². The van der Waals surface area contributed by atoms with Gasteiger partial charge in [0.05, 0.1) is 12.1 Å². The van der Waals surface area contributed by atoms with E-state index in [1.165, 1.54) is 4.90 Å². The van der Waals surface area contributed by atoms with Crippen molar-refractivity contribution in [3.63, 3.8) is 0 Å². The number of fused-ring (bicyclic) bond motifs is 1. The number of pyridine rings is 1. The van der Waals surface area contributed by atoms with Gasteiger partial charge in [-0.1, -0.05) is 13.0 Å². The van der Waals surface area contributed by atoms with Crippen LogP contribution in [-0.2, 0) is 11.2 Å². The number of amides is 1. The molecule has 0 saturated carbocycles. The summed E-state index contributed by atoms with van der Waals surface area (Å²) < 4.78 is 1.79. The Balaban J connectivity index is 2.42. The van der Waals surface area contributed by atoms with Gasteiger partial charge in [0.2, 0.25) is 0 Å². The van der Waals surface area contributed by atoms with Gasteiger partial charge in [-0.15, -0.1) is 0 Å². The minimum Gasteiger partial charge on any atom is -0.481 e. The number of nitrogens with zero attached hydrogens (tertiary/aromatic N) is 3. The molecule has 21 heavy (non-hydrogen) atoms. The number of hydrogen-bond acceptors (Lipinski definition) is 3. The summed E-state index contributed by atoms with van der Waals surface area (Å²) in [5, 5.41) is 8.73. The second-order valence-electron chi connectivity index (χ2n) is 5.02. The van der Waals surface area contributed by atoms with Gasteiger partial charge in [0.15, 0.2) is 0 Å². The highest BCUT2D eigenvalue weighted by molar-refractivity contribution is 5.95. The third-order valence-corrected chi connectivity index (χ3v) is 3.46. The fourth-order valence-corrected chi connectivity index (χ4v) is 2.27. The van der Waals surface area contributed by atoms with Gasteiger partial charge in [0.1, 0.15) is 11.3 Å². The van der Waals surface area contributed by atoms with Crippen molar-refractivity contribution in [2.24, 2.45) is 0 Å². The van der Waals surface area contributed by atoms with E-state index in [1.807, 2.05) is 32.2 Å². The summed E-state index contributed by atoms with van der Waals surface area (Å²) in [7, 11) is 1.61. The molecular weight excluding hydrogens is 270 g/mol. The van der Waals surface area contributed by atoms with Crippen molar-refractivity contribution >= 4 is 17.5 Å². The lowest BCUT2D eigenvalue weighted by atomic mass is 10.2. The number of carboxylic acids is 1. The molecule has 0 fully saturated rings. The Morgan fingerprint density at radius 2 is 2.14 bits per heavy atom. The Labute approximate surface area is 123 Å². The zero-order valence-electron chi connectivity index (χ0n) is 12.5. The van der Waals surface area contributed by atoms with Gasteiger partial charge in [0, 0.05) is 19.8 Å². The Bertz CT molecular complexity index is 691. The summed E-state index contributed by atoms with van der Waals surface area (Å²) in [5.74, 6) is -1.12. The Kier molecular flexibility index (Phi) is 4.26. The van der Waals surface area contributed by atoms with Crippen molar-refractivity contribution in [2.75, 3.05) is 13.6 Å². The second kappa shape index (κ2) is 5.95. The van der Waals surface area contributed by atoms with Crippen LogP contribution in [0.5, 0.6) is 0 Å². The maximum absolute atomic E-state index is 12.6. The van der Waals surface area contributed by atoms with Crippen LogP contribution in [0.15, 0.2) is 18.3 Å². The largest absolute Gasteiger partial charge is 0.481 e. The van der Waals surface area contributed by atoms with Gasteiger partial charge < -0.3 is 10.0 Å². The summed E-state index contributed by atoms with van der Waals surface area (Å²) in [6.07, 6.45) is 2.39. The third kappa shape index (κ3) is 2.89. The zero-order valence-corrected chi connectivity index (χ0v) is 12.5. The van der Waals surface area contributed by atoms with Crippen LogP contribution in [0.25, 0.3) is 5.65 Å². The molecule has 0 atom stereocenters. The highest BCUT2D eigenvalue weighted by Crippen LogP contribution is 2.18. The average Bonchev–Trinajstić information content (AvgIpc) is 2.83. The van der Waals surface area contributed by atoms with E-state index in [9.17, 15) is 9.59 Å². The van der Waals surface area contributed by atoms with E-state index in [-0.39, 0.29) is 18.9 Å². The summed E-state index contributed by atoms with van der Waals surface area (Å²) in [4.78, 5) is 29.2. The lowest BCUT2D eigenvalue weighted by molar-refractivity contribution is -0.137. The van der Waals surface area contributed by atoms with Crippen molar-refractivity contribution in [2.45, 2.75) is 26.7 Å². The number of hydrogen-bond donors (Lipinski definition) is 1. The molecule has 6 heteroatoms. The molecule has 0 spiro atoms. The number of carbonyl (C=O) groups is 2. The van der Waals surface area contributed by atoms with Gasteiger partial charge in [-0.25, -0.2) is 4.98 Å². The van der Waals surface area contributed by atoms with Crippen LogP contribution in [0.4, 0.5) is 0 Å². The molecule has 2 heterocycles. The molecular formula is C15H19N3O3. The first-order valence-electron chi connectivity index (χ1n) is 6.89. The molecule has 2 aromatic heterocycles. The van der Waals surface area contributed by atoms with Gasteiger partial charge >= 0.3 is 5.97 Å². The maximum Gasteiger partial charge on any atom is 0.305 e. The van der Waals surface area contributed by atoms with Crippen molar-refractivity contribution in [1.82, 2.24) is 14.3 Å². The Morgan fingerprint density at radius 3 is 2.76 bits per heavy atom. The molecule has 0 bridgehead atoms. The Morgan fingerprint density at radius 1 is 1.43 bits per heavy atom. The molecule has 2 aromatic rings. The standard InChI is InChI=1S/C15H19N3O3/c1-4-11-13(15(21)17(3)9-7-12(19)20)18-8-5-6-10(2)14(18)16-11/h5-6,8H,4,7,9H2,1-3H3,(H,19,20). The number of rotatable bonds is 5. The quantitative estimate of drug-likeness (QED) is 0.910. The molecule has 6 nitrogen and oxygen atoms in total. The predicted molar refractivity (Wildman–Crippen MR) is 78.5 cm³/mol. The fraction of sp³-hybridized carbons (Fsp3) is 0.400. The molecule has 2 rings (SSSR count). The highest BCUT2D eigenvalue weighted by Gasteiger charge is 2.22. The summed E-state index contributed by atoms with van der Waals surface area (Å²) >= 11 is 0. The van der Waals surface area contributed by atoms with E-state index in [0.29, 0.717) is 12.1 Å². The minimum absolute atomic E-state index is 0.0700. The second-order valence-corrected chi connectivity index (χ2v) is 5.02. The normalized spacial score (nSPS) is 10.8. The van der Waals surface area contributed by atoms with E-state index >= 15 is 0 Å². The number of imidazole rings is 1. The SMILES string of the molecule is CCc1nc2c(C)cccn2c1C(=O)N(C)CCC(=O)O. The monoisotopic (exact) mass is 289 g/mol. The van der Waals surface area contributed by atoms with Crippen LogP contribution < -0.4 is 0 Å². The minimum atomic E-state index is -0.917. The van der Waals surface area contributed by atoms with Gasteiger partial charge in [-0.05, 0) is 25.0 Å². The molecule has 0 radical (unpaired) electrons. The first-order chi connectivity index (χ1) is 9.95. The topological polar surface area (TPSA) is 74.9 Å². The van der Waals surface area contributed by atoms with E-state index in [4.69, 9.17) is 5.11 Å². The van der Waals surface area contributed by atoms with E-state index in [2.05, 4.69) is 4.98 Å². The zero-order chi connectivity index (χ0) is 15.6. The molecule has 1 N–H and O–H groups in total. The van der Waals surface area contributed by atoms with Crippen molar-refractivity contribution in [3.05, 3.63) is 35.3 Å². The molecule has 0 unspecified atom stereocenters. The lowest BCUT2D eigenvalue weighted by Gasteiger charge is -2.16. The van der Waals surface area contributed by atoms with Gasteiger partial charge in [-0.2, -0.15) is 0 Å². The third-order valence-electron chi connectivity index (χ3n) is 3.46. The van der Waals surface area contributed by atoms with Crippen molar-refractivity contribution < 1.29 is 14.7 Å². The molecule has 112 valence electrons. The van der Waals surface area contributed by atoms with E-state index in [1.54, 1.807) is 11.4 Å². The number of aromatic nitrogens is 2. The molecule has 0 aromatic carbocycles. The predicted octanol–water partition coefficient (Wildman–Crippen LogP) is 1.75. The summed E-state index contributed by atoms with van der Waals surface area (Å²) in [5.41, 5.74) is 3.02. The maximum atomic E-state index is 12.6. The molecule has 1 amide bonds. The highest BCUT2D eigenvalue weighted by atomic mass is 16.4. The average molecular weight is 289 g/mol. The summed E-state index contributed by atoms with van der Waals surface area (Å²) in [6, 6.07) is 3.82. The lowest BCUT2D eigenvalue weighted by Crippen LogP contribution is -2.30. The fourth-order valence-electron chi connectivity index (χ4n) is 2.27. The van der Waals surface area contributed by atoms with Crippen LogP contribution in [0.1, 0.15) is 35.1 Å². The molecule has 0 aliphatic carbocycles. The first kappa shape index (κ1) is 15.0. The van der Waals surface area contributed by atoms with Gasteiger partial charge in [0.25, 0.3) is 5.91 Å². The smallest absolute Gasteiger partial charge is 0.305 e. The number of carbonyl (C=O) groups excluding carboxylic acids is 1. The van der Waals surface area contributed by atoms with Gasteiger partial charge in [-0.3, -0.25) is 14.0 Å². The van der Waals surface area contributed by atoms with Crippen LogP contribution in [-0.4, -0.2) is 44.9 Å².